The van der Waals surface area contributed by atoms with Crippen molar-refractivity contribution >= 4 is 29.4 Å². The summed E-state index contributed by atoms with van der Waals surface area (Å²) in [5.74, 6) is -1.78. The number of carbonyl (C=O) groups excluding carboxylic acids is 1. The molecule has 2 aliphatic rings. The van der Waals surface area contributed by atoms with Crippen molar-refractivity contribution in [2.75, 3.05) is 24.5 Å². The summed E-state index contributed by atoms with van der Waals surface area (Å²) < 4.78 is 60.3. The molecule has 1 amide bonds. The van der Waals surface area contributed by atoms with Gasteiger partial charge in [-0.1, -0.05) is 11.6 Å². The fourth-order valence-corrected chi connectivity index (χ4v) is 5.53. The van der Waals surface area contributed by atoms with Crippen LogP contribution < -0.4 is 4.90 Å². The van der Waals surface area contributed by atoms with E-state index < -0.39 is 40.4 Å². The molecule has 1 atom stereocenters. The second kappa shape index (κ2) is 10.7. The van der Waals surface area contributed by atoms with Crippen LogP contribution in [0.15, 0.2) is 54.7 Å². The van der Waals surface area contributed by atoms with Crippen molar-refractivity contribution in [2.45, 2.75) is 37.6 Å². The van der Waals surface area contributed by atoms with Gasteiger partial charge in [-0.15, -0.1) is 0 Å². The Morgan fingerprint density at radius 1 is 1.10 bits per heavy atom. The normalized spacial score (nSPS) is 20.0. The Morgan fingerprint density at radius 3 is 2.50 bits per heavy atom. The molecule has 2 fully saturated rings. The van der Waals surface area contributed by atoms with Crippen LogP contribution in [0.3, 0.4) is 0 Å². The van der Waals surface area contributed by atoms with Crippen molar-refractivity contribution in [3.63, 3.8) is 0 Å². The average Bonchev–Trinajstić information content (AvgIpc) is 3.10. The average molecular weight is 578 g/mol. The number of pyridine rings is 1. The zero-order valence-electron chi connectivity index (χ0n) is 21.0. The van der Waals surface area contributed by atoms with Crippen LogP contribution in [0.2, 0.25) is 5.02 Å². The largest absolute Gasteiger partial charge is 0.478 e. The number of likely N-dealkylation sites (tertiary alicyclic amines) is 1. The maximum Gasteiger partial charge on any atom is 0.417 e. The number of carboxylic acid groups (broad SMARTS) is 1. The number of alkyl halides is 3. The van der Waals surface area contributed by atoms with E-state index in [4.69, 9.17) is 21.4 Å². The quantitative estimate of drug-likeness (QED) is 0.270. The van der Waals surface area contributed by atoms with E-state index in [9.17, 15) is 27.2 Å². The molecule has 0 saturated carbocycles. The molecule has 1 unspecified atom stereocenters. The Balaban J connectivity index is 1.36. The molecule has 0 radical (unpaired) electrons. The zero-order chi connectivity index (χ0) is 28.7. The molecule has 3 aromatic rings. The number of halogens is 5. The Kier molecular flexibility index (Phi) is 7.45. The molecule has 1 spiro atoms. The number of hydrogen-bond donors (Lipinski definition) is 1. The number of aromatic nitrogens is 1. The number of ether oxygens (including phenoxy) is 1. The summed E-state index contributed by atoms with van der Waals surface area (Å²) in [5, 5.41) is 8.67. The summed E-state index contributed by atoms with van der Waals surface area (Å²) >= 11 is 6.01. The first-order valence-corrected chi connectivity index (χ1v) is 12.9. The number of rotatable bonds is 5. The number of hydrogen-bond acceptors (Lipinski definition) is 5. The van der Waals surface area contributed by atoms with E-state index in [1.807, 2.05) is 4.90 Å². The van der Waals surface area contributed by atoms with Crippen LogP contribution in [0.5, 0.6) is 0 Å². The van der Waals surface area contributed by atoms with Crippen molar-refractivity contribution in [2.24, 2.45) is 0 Å². The highest BCUT2D eigenvalue weighted by Gasteiger charge is 2.46. The van der Waals surface area contributed by atoms with E-state index in [1.165, 1.54) is 35.4 Å². The lowest BCUT2D eigenvalue weighted by atomic mass is 9.94. The lowest BCUT2D eigenvalue weighted by Gasteiger charge is -2.26. The predicted octanol–water partition coefficient (Wildman–Crippen LogP) is 6.64. The van der Waals surface area contributed by atoms with Gasteiger partial charge in [-0.25, -0.2) is 14.6 Å². The smallest absolute Gasteiger partial charge is 0.417 e. The molecule has 5 rings (SSSR count). The number of carbonyl (C=O) groups is 2. The van der Waals surface area contributed by atoms with Crippen molar-refractivity contribution in [3.05, 3.63) is 82.4 Å². The molecule has 2 aliphatic heterocycles. The van der Waals surface area contributed by atoms with Crippen LogP contribution >= 0.6 is 11.6 Å². The van der Waals surface area contributed by atoms with Crippen LogP contribution in [0.4, 0.5) is 28.0 Å². The predicted molar refractivity (Wildman–Crippen MR) is 139 cm³/mol. The van der Waals surface area contributed by atoms with Crippen LogP contribution in [-0.2, 0) is 17.5 Å². The fourth-order valence-electron chi connectivity index (χ4n) is 5.26. The number of aromatic carboxylic acids is 1. The van der Waals surface area contributed by atoms with Gasteiger partial charge in [0.15, 0.2) is 0 Å². The fraction of sp³-hybridized carbons (Fsp3) is 0.321. The Bertz CT molecular complexity index is 1430. The molecule has 2 aromatic carbocycles. The van der Waals surface area contributed by atoms with Gasteiger partial charge >= 0.3 is 18.2 Å². The highest BCUT2D eigenvalue weighted by atomic mass is 35.5. The lowest BCUT2D eigenvalue weighted by molar-refractivity contribution is -0.137. The third kappa shape index (κ3) is 5.75. The van der Waals surface area contributed by atoms with Gasteiger partial charge in [0.05, 0.1) is 22.7 Å². The zero-order valence-corrected chi connectivity index (χ0v) is 21.8. The summed E-state index contributed by atoms with van der Waals surface area (Å²) in [6.45, 7) is 1.44. The van der Waals surface area contributed by atoms with Crippen molar-refractivity contribution in [1.29, 1.82) is 0 Å². The Hall–Kier alpha value is -3.70. The number of anilines is 1. The first-order valence-electron chi connectivity index (χ1n) is 12.5. The number of benzene rings is 2. The topological polar surface area (TPSA) is 83.0 Å². The van der Waals surface area contributed by atoms with Crippen molar-refractivity contribution in [1.82, 2.24) is 9.88 Å². The molecule has 210 valence electrons. The van der Waals surface area contributed by atoms with Gasteiger partial charge in [0.1, 0.15) is 5.60 Å². The van der Waals surface area contributed by atoms with Crippen molar-refractivity contribution in [3.8, 4) is 11.1 Å². The van der Waals surface area contributed by atoms with Crippen LogP contribution in [0, 0.1) is 5.95 Å². The monoisotopic (exact) mass is 577 g/mol. The summed E-state index contributed by atoms with van der Waals surface area (Å²) in [5.41, 5.74) is 0.112. The maximum absolute atomic E-state index is 13.7. The summed E-state index contributed by atoms with van der Waals surface area (Å²) in [6.07, 6.45) is -2.29. The van der Waals surface area contributed by atoms with Crippen LogP contribution in [0.25, 0.3) is 11.1 Å². The van der Waals surface area contributed by atoms with Gasteiger partial charge in [0, 0.05) is 37.0 Å². The second-order valence-electron chi connectivity index (χ2n) is 9.98. The minimum absolute atomic E-state index is 0.0998. The van der Waals surface area contributed by atoms with Crippen LogP contribution in [-0.4, -0.2) is 52.3 Å². The summed E-state index contributed by atoms with van der Waals surface area (Å²) in [7, 11) is 0. The van der Waals surface area contributed by atoms with E-state index in [0.717, 1.165) is 12.1 Å². The number of nitrogens with zero attached hydrogens (tertiary/aromatic N) is 3. The Morgan fingerprint density at radius 2 is 1.85 bits per heavy atom. The minimum Gasteiger partial charge on any atom is -0.478 e. The van der Waals surface area contributed by atoms with E-state index in [1.54, 1.807) is 12.1 Å². The van der Waals surface area contributed by atoms with Crippen molar-refractivity contribution < 1.29 is 37.0 Å². The third-order valence-electron chi connectivity index (χ3n) is 7.32. The number of carboxylic acids is 1. The third-order valence-corrected chi connectivity index (χ3v) is 7.63. The van der Waals surface area contributed by atoms with E-state index in [0.29, 0.717) is 54.7 Å². The molecule has 0 aliphatic carbocycles. The first kappa shape index (κ1) is 27.9. The maximum atomic E-state index is 13.7. The molecular formula is C28H24ClF4N3O4. The summed E-state index contributed by atoms with van der Waals surface area (Å²) in [6, 6.07) is 10.8. The van der Waals surface area contributed by atoms with Gasteiger partial charge in [-0.05, 0) is 79.0 Å². The molecule has 1 N–H and O–H groups in total. The number of amides is 1. The molecule has 1 aromatic heterocycles. The molecule has 0 bridgehead atoms. The molecule has 40 heavy (non-hydrogen) atoms. The first-order chi connectivity index (χ1) is 18.9. The molecule has 2 saturated heterocycles. The van der Waals surface area contributed by atoms with Crippen LogP contribution in [0.1, 0.15) is 40.7 Å². The van der Waals surface area contributed by atoms with Gasteiger partial charge in [-0.3, -0.25) is 9.80 Å². The Labute approximate surface area is 231 Å². The van der Waals surface area contributed by atoms with Gasteiger partial charge in [0.25, 0.3) is 0 Å². The van der Waals surface area contributed by atoms with E-state index in [-0.39, 0.29) is 18.7 Å². The molecular weight excluding hydrogens is 554 g/mol. The van der Waals surface area contributed by atoms with Gasteiger partial charge in [-0.2, -0.15) is 17.6 Å². The molecule has 3 heterocycles. The SMILES string of the molecule is O=C(O)c1ccc(N2CC3(CCCN(Cc4cc(C(F)(F)F)c(Cl)cc4-c4ccc(F)nc4)CC3)OC2=O)cc1. The highest BCUT2D eigenvalue weighted by Crippen LogP contribution is 2.40. The highest BCUT2D eigenvalue weighted by molar-refractivity contribution is 6.31. The standard InChI is InChI=1S/C28H24ClF4N3O4/c29-23-13-21(18-4-7-24(30)34-14-18)19(12-22(23)28(31,32)33)15-35-10-1-8-27(9-11-35)16-36(26(39)40-27)20-5-2-17(3-6-20)25(37)38/h2-7,12-14H,1,8-11,15-16H2,(H,37,38). The molecule has 12 heteroatoms. The van der Waals surface area contributed by atoms with Gasteiger partial charge in [0.2, 0.25) is 5.95 Å². The second-order valence-corrected chi connectivity index (χ2v) is 10.4. The van der Waals surface area contributed by atoms with E-state index >= 15 is 0 Å². The minimum atomic E-state index is -4.65. The van der Waals surface area contributed by atoms with E-state index in [2.05, 4.69) is 4.98 Å². The van der Waals surface area contributed by atoms with Gasteiger partial charge < -0.3 is 9.84 Å². The lowest BCUT2D eigenvalue weighted by Crippen LogP contribution is -2.36. The molecule has 7 nitrogen and oxygen atoms in total. The summed E-state index contributed by atoms with van der Waals surface area (Å²) in [4.78, 5) is 31.0.